The van der Waals surface area contributed by atoms with E-state index in [0.29, 0.717) is 12.8 Å². The standard InChI is InChI=1S/C15H18N4O/c20-15(5-4-12-3-1-2-7-17-12)18-13-6-8-19-11-16-10-14(19)9-13/h1-3,7,10-11,13H,4-6,8-9H2,(H,18,20). The number of hydrogen-bond donors (Lipinski definition) is 1. The van der Waals surface area contributed by atoms with Crippen LogP contribution in [0.5, 0.6) is 0 Å². The highest BCUT2D eigenvalue weighted by molar-refractivity contribution is 5.76. The Morgan fingerprint density at radius 3 is 3.25 bits per heavy atom. The van der Waals surface area contributed by atoms with Crippen molar-refractivity contribution in [3.8, 4) is 0 Å². The molecule has 0 fully saturated rings. The number of carbonyl (C=O) groups excluding carboxylic acids is 1. The molecule has 0 saturated carbocycles. The third-order valence-electron chi connectivity index (χ3n) is 3.67. The Morgan fingerprint density at radius 1 is 1.45 bits per heavy atom. The molecule has 2 aromatic heterocycles. The Kier molecular flexibility index (Phi) is 3.76. The molecule has 1 unspecified atom stereocenters. The van der Waals surface area contributed by atoms with Crippen LogP contribution >= 0.6 is 0 Å². The van der Waals surface area contributed by atoms with Gasteiger partial charge in [0.1, 0.15) is 0 Å². The molecular formula is C15H18N4O. The molecule has 1 aliphatic heterocycles. The molecule has 1 amide bonds. The third kappa shape index (κ3) is 3.04. The molecule has 3 rings (SSSR count). The van der Waals surface area contributed by atoms with Crippen molar-refractivity contribution in [3.63, 3.8) is 0 Å². The quantitative estimate of drug-likeness (QED) is 0.912. The second-order valence-corrected chi connectivity index (χ2v) is 5.16. The molecular weight excluding hydrogens is 252 g/mol. The van der Waals surface area contributed by atoms with Crippen LogP contribution in [0.15, 0.2) is 36.9 Å². The van der Waals surface area contributed by atoms with E-state index in [1.807, 2.05) is 30.7 Å². The summed E-state index contributed by atoms with van der Waals surface area (Å²) in [5, 5.41) is 3.11. The fraction of sp³-hybridized carbons (Fsp3) is 0.400. The molecule has 5 nitrogen and oxygen atoms in total. The zero-order chi connectivity index (χ0) is 13.8. The topological polar surface area (TPSA) is 59.8 Å². The minimum Gasteiger partial charge on any atom is -0.353 e. The van der Waals surface area contributed by atoms with Gasteiger partial charge in [0, 0.05) is 49.2 Å². The van der Waals surface area contributed by atoms with Crippen LogP contribution in [0.2, 0.25) is 0 Å². The van der Waals surface area contributed by atoms with Gasteiger partial charge in [0.05, 0.1) is 6.33 Å². The summed E-state index contributed by atoms with van der Waals surface area (Å²) >= 11 is 0. The molecule has 20 heavy (non-hydrogen) atoms. The molecule has 0 bridgehead atoms. The van der Waals surface area contributed by atoms with Gasteiger partial charge in [-0.2, -0.15) is 0 Å². The first-order valence-electron chi connectivity index (χ1n) is 6.99. The first-order valence-corrected chi connectivity index (χ1v) is 6.99. The number of rotatable bonds is 4. The van der Waals surface area contributed by atoms with Crippen molar-refractivity contribution in [2.75, 3.05) is 0 Å². The van der Waals surface area contributed by atoms with E-state index in [0.717, 1.165) is 25.1 Å². The van der Waals surface area contributed by atoms with Crippen LogP contribution in [0.3, 0.4) is 0 Å². The van der Waals surface area contributed by atoms with E-state index in [2.05, 4.69) is 19.9 Å². The summed E-state index contributed by atoms with van der Waals surface area (Å²) in [4.78, 5) is 20.3. The normalized spacial score (nSPS) is 17.5. The molecule has 1 N–H and O–H groups in total. The van der Waals surface area contributed by atoms with Crippen molar-refractivity contribution in [2.45, 2.75) is 38.3 Å². The molecule has 104 valence electrons. The van der Waals surface area contributed by atoms with Gasteiger partial charge in [0.15, 0.2) is 0 Å². The van der Waals surface area contributed by atoms with Crippen LogP contribution < -0.4 is 5.32 Å². The minimum atomic E-state index is 0.105. The van der Waals surface area contributed by atoms with E-state index < -0.39 is 0 Å². The van der Waals surface area contributed by atoms with Crippen molar-refractivity contribution in [2.24, 2.45) is 0 Å². The van der Waals surface area contributed by atoms with Gasteiger partial charge in [-0.3, -0.25) is 9.78 Å². The van der Waals surface area contributed by atoms with Crippen molar-refractivity contribution >= 4 is 5.91 Å². The third-order valence-corrected chi connectivity index (χ3v) is 3.67. The van der Waals surface area contributed by atoms with Crippen molar-refractivity contribution in [3.05, 3.63) is 48.3 Å². The second kappa shape index (κ2) is 5.86. The summed E-state index contributed by atoms with van der Waals surface area (Å²) in [7, 11) is 0. The molecule has 2 aromatic rings. The zero-order valence-corrected chi connectivity index (χ0v) is 11.3. The molecule has 1 atom stereocenters. The lowest BCUT2D eigenvalue weighted by molar-refractivity contribution is -0.121. The largest absolute Gasteiger partial charge is 0.353 e. The van der Waals surface area contributed by atoms with Crippen LogP contribution in [0.4, 0.5) is 0 Å². The number of imidazole rings is 1. The summed E-state index contributed by atoms with van der Waals surface area (Å²) in [6.45, 7) is 0.931. The maximum Gasteiger partial charge on any atom is 0.220 e. The maximum absolute atomic E-state index is 12.0. The van der Waals surface area contributed by atoms with E-state index in [9.17, 15) is 4.79 Å². The van der Waals surface area contributed by atoms with Gasteiger partial charge in [-0.15, -0.1) is 0 Å². The molecule has 0 spiro atoms. The Morgan fingerprint density at radius 2 is 2.40 bits per heavy atom. The predicted molar refractivity (Wildman–Crippen MR) is 75.0 cm³/mol. The fourth-order valence-electron chi connectivity index (χ4n) is 2.58. The Hall–Kier alpha value is -2.17. The van der Waals surface area contributed by atoms with E-state index in [4.69, 9.17) is 0 Å². The lowest BCUT2D eigenvalue weighted by Gasteiger charge is -2.24. The highest BCUT2D eigenvalue weighted by Gasteiger charge is 2.19. The first kappa shape index (κ1) is 12.8. The van der Waals surface area contributed by atoms with Crippen LogP contribution in [0.25, 0.3) is 0 Å². The minimum absolute atomic E-state index is 0.105. The van der Waals surface area contributed by atoms with E-state index in [1.165, 1.54) is 5.69 Å². The number of nitrogens with one attached hydrogen (secondary N) is 1. The van der Waals surface area contributed by atoms with Gasteiger partial charge >= 0.3 is 0 Å². The van der Waals surface area contributed by atoms with E-state index in [-0.39, 0.29) is 11.9 Å². The summed E-state index contributed by atoms with van der Waals surface area (Å²) in [5.41, 5.74) is 2.16. The number of nitrogens with zero attached hydrogens (tertiary/aromatic N) is 3. The second-order valence-electron chi connectivity index (χ2n) is 5.16. The van der Waals surface area contributed by atoms with Crippen LogP contribution in [0.1, 0.15) is 24.2 Å². The van der Waals surface area contributed by atoms with Crippen molar-refractivity contribution in [1.29, 1.82) is 0 Å². The number of aryl methyl sites for hydroxylation is 2. The van der Waals surface area contributed by atoms with Crippen LogP contribution in [-0.2, 0) is 24.2 Å². The van der Waals surface area contributed by atoms with Gasteiger partial charge in [-0.25, -0.2) is 4.98 Å². The smallest absolute Gasteiger partial charge is 0.220 e. The van der Waals surface area contributed by atoms with Gasteiger partial charge < -0.3 is 9.88 Å². The maximum atomic E-state index is 12.0. The molecule has 0 aromatic carbocycles. The number of fused-ring (bicyclic) bond motifs is 1. The van der Waals surface area contributed by atoms with Crippen LogP contribution in [-0.4, -0.2) is 26.5 Å². The monoisotopic (exact) mass is 270 g/mol. The van der Waals surface area contributed by atoms with Gasteiger partial charge in [-0.1, -0.05) is 6.07 Å². The highest BCUT2D eigenvalue weighted by atomic mass is 16.1. The fourth-order valence-corrected chi connectivity index (χ4v) is 2.58. The Bertz CT molecular complexity index is 579. The van der Waals surface area contributed by atoms with Gasteiger partial charge in [0.25, 0.3) is 0 Å². The predicted octanol–water partition coefficient (Wildman–Crippen LogP) is 1.34. The van der Waals surface area contributed by atoms with Crippen molar-refractivity contribution < 1.29 is 4.79 Å². The van der Waals surface area contributed by atoms with Gasteiger partial charge in [-0.05, 0) is 25.0 Å². The first-order chi connectivity index (χ1) is 9.81. The highest BCUT2D eigenvalue weighted by Crippen LogP contribution is 2.14. The lowest BCUT2D eigenvalue weighted by Crippen LogP contribution is -2.40. The molecule has 3 heterocycles. The molecule has 0 radical (unpaired) electrons. The zero-order valence-electron chi connectivity index (χ0n) is 11.3. The Labute approximate surface area is 118 Å². The summed E-state index contributed by atoms with van der Waals surface area (Å²) in [6, 6.07) is 6.01. The van der Waals surface area contributed by atoms with Gasteiger partial charge in [0.2, 0.25) is 5.91 Å². The van der Waals surface area contributed by atoms with E-state index in [1.54, 1.807) is 6.20 Å². The molecule has 5 heteroatoms. The number of amides is 1. The van der Waals surface area contributed by atoms with Crippen molar-refractivity contribution in [1.82, 2.24) is 19.9 Å². The summed E-state index contributed by atoms with van der Waals surface area (Å²) in [5.74, 6) is 0.105. The Balaban J connectivity index is 1.48. The molecule has 0 aliphatic carbocycles. The molecule has 0 saturated heterocycles. The average Bonchev–Trinajstić information content (AvgIpc) is 2.94. The lowest BCUT2D eigenvalue weighted by atomic mass is 10.0. The number of carbonyl (C=O) groups is 1. The van der Waals surface area contributed by atoms with E-state index >= 15 is 0 Å². The number of pyridine rings is 1. The molecule has 1 aliphatic rings. The summed E-state index contributed by atoms with van der Waals surface area (Å²) in [6.07, 6.45) is 8.52. The number of hydrogen-bond acceptors (Lipinski definition) is 3. The summed E-state index contributed by atoms with van der Waals surface area (Å²) < 4.78 is 2.15. The average molecular weight is 270 g/mol. The van der Waals surface area contributed by atoms with Crippen LogP contribution in [0, 0.1) is 0 Å². The number of aromatic nitrogens is 3. The SMILES string of the molecule is O=C(CCc1ccccn1)NC1CCn2cncc2C1.